The Balaban J connectivity index is 0.00000242. The molecule has 0 bridgehead atoms. The van der Waals surface area contributed by atoms with Gasteiger partial charge in [-0.3, -0.25) is 9.69 Å². The number of rotatable bonds is 6. The highest BCUT2D eigenvalue weighted by Crippen LogP contribution is 2.19. The number of anilines is 1. The van der Waals surface area contributed by atoms with E-state index >= 15 is 0 Å². The van der Waals surface area contributed by atoms with Crippen molar-refractivity contribution in [2.24, 2.45) is 5.73 Å². The third-order valence-corrected chi connectivity index (χ3v) is 3.98. The molecule has 1 aromatic carbocycles. The van der Waals surface area contributed by atoms with Crippen molar-refractivity contribution in [3.8, 4) is 0 Å². The average molecular weight is 330 g/mol. The molecule has 2 rings (SSSR count). The Bertz CT molecular complexity index is 470. The van der Waals surface area contributed by atoms with E-state index in [9.17, 15) is 9.18 Å². The number of carbonyl (C=O) groups is 1. The van der Waals surface area contributed by atoms with Gasteiger partial charge in [0.15, 0.2) is 0 Å². The maximum atomic E-state index is 13.1. The second-order valence-corrected chi connectivity index (χ2v) is 5.57. The highest BCUT2D eigenvalue weighted by atomic mass is 35.5. The topological polar surface area (TPSA) is 58.4 Å². The molecule has 0 radical (unpaired) electrons. The molecule has 0 spiro atoms. The van der Waals surface area contributed by atoms with Crippen molar-refractivity contribution < 1.29 is 9.18 Å². The number of hydrogen-bond acceptors (Lipinski definition) is 3. The summed E-state index contributed by atoms with van der Waals surface area (Å²) in [5.74, 6) is -0.412. The molecule has 1 heterocycles. The van der Waals surface area contributed by atoms with Crippen LogP contribution < -0.4 is 11.1 Å². The van der Waals surface area contributed by atoms with Gasteiger partial charge in [-0.1, -0.05) is 12.5 Å². The van der Waals surface area contributed by atoms with Gasteiger partial charge in [0.05, 0.1) is 0 Å². The van der Waals surface area contributed by atoms with E-state index < -0.39 is 0 Å². The Morgan fingerprint density at radius 1 is 1.41 bits per heavy atom. The van der Waals surface area contributed by atoms with Crippen LogP contribution in [0.1, 0.15) is 32.1 Å². The van der Waals surface area contributed by atoms with Gasteiger partial charge < -0.3 is 11.1 Å². The summed E-state index contributed by atoms with van der Waals surface area (Å²) in [6, 6.07) is 6.48. The lowest BCUT2D eigenvalue weighted by Crippen LogP contribution is -2.42. The first-order valence-corrected chi connectivity index (χ1v) is 7.68. The van der Waals surface area contributed by atoms with Crippen LogP contribution in [0.15, 0.2) is 24.3 Å². The van der Waals surface area contributed by atoms with Crippen molar-refractivity contribution in [1.29, 1.82) is 0 Å². The van der Waals surface area contributed by atoms with Crippen LogP contribution in [0, 0.1) is 5.82 Å². The van der Waals surface area contributed by atoms with Crippen LogP contribution in [-0.2, 0) is 4.79 Å². The molecular weight excluding hydrogens is 305 g/mol. The molecular formula is C16H25ClFN3O. The van der Waals surface area contributed by atoms with Gasteiger partial charge in [-0.25, -0.2) is 4.39 Å². The minimum atomic E-state index is -0.341. The van der Waals surface area contributed by atoms with Gasteiger partial charge in [0.25, 0.3) is 0 Å². The number of nitrogens with zero attached hydrogens (tertiary/aromatic N) is 1. The summed E-state index contributed by atoms with van der Waals surface area (Å²) in [5, 5.41) is 2.74. The Morgan fingerprint density at radius 3 is 2.95 bits per heavy atom. The Morgan fingerprint density at radius 2 is 2.23 bits per heavy atom. The molecule has 1 amide bonds. The van der Waals surface area contributed by atoms with Gasteiger partial charge in [-0.15, -0.1) is 12.4 Å². The summed E-state index contributed by atoms with van der Waals surface area (Å²) < 4.78 is 13.1. The van der Waals surface area contributed by atoms with Gasteiger partial charge in [0.2, 0.25) is 5.91 Å². The molecule has 1 unspecified atom stereocenters. The van der Waals surface area contributed by atoms with E-state index in [1.807, 2.05) is 0 Å². The number of piperidine rings is 1. The van der Waals surface area contributed by atoms with Crippen molar-refractivity contribution in [3.05, 3.63) is 30.1 Å². The number of likely N-dealkylation sites (tertiary alicyclic amines) is 1. The van der Waals surface area contributed by atoms with Gasteiger partial charge in [0, 0.05) is 24.7 Å². The van der Waals surface area contributed by atoms with Crippen LogP contribution in [0.4, 0.5) is 10.1 Å². The predicted molar refractivity (Wildman–Crippen MR) is 89.8 cm³/mol. The summed E-state index contributed by atoms with van der Waals surface area (Å²) in [4.78, 5) is 14.3. The first-order valence-electron chi connectivity index (χ1n) is 7.68. The fourth-order valence-electron chi connectivity index (χ4n) is 2.91. The zero-order chi connectivity index (χ0) is 15.1. The predicted octanol–water partition coefficient (Wildman–Crippen LogP) is 2.78. The molecule has 3 N–H and O–H groups in total. The molecule has 1 aromatic rings. The number of nitrogens with two attached hydrogens (primary N) is 1. The monoisotopic (exact) mass is 329 g/mol. The van der Waals surface area contributed by atoms with Gasteiger partial charge >= 0.3 is 0 Å². The lowest BCUT2D eigenvalue weighted by molar-refractivity contribution is -0.116. The molecule has 0 aliphatic carbocycles. The third-order valence-electron chi connectivity index (χ3n) is 3.98. The molecule has 1 fully saturated rings. The molecule has 1 aliphatic heterocycles. The third kappa shape index (κ3) is 5.91. The minimum absolute atomic E-state index is 0. The summed E-state index contributed by atoms with van der Waals surface area (Å²) in [5.41, 5.74) is 6.16. The number of carbonyl (C=O) groups excluding carboxylic acids is 1. The SMILES string of the molecule is Cl.NCCC1CCCCN1CCC(=O)Nc1cccc(F)c1. The second-order valence-electron chi connectivity index (χ2n) is 5.57. The number of amides is 1. The standard InChI is InChI=1S/C16H24FN3O.ClH/c17-13-4-3-5-14(12-13)19-16(21)8-11-20-10-2-1-6-15(20)7-9-18;/h3-5,12,15H,1-2,6-11,18H2,(H,19,21);1H. The van der Waals surface area contributed by atoms with E-state index in [0.717, 1.165) is 19.5 Å². The van der Waals surface area contributed by atoms with Crippen molar-refractivity contribution >= 4 is 24.0 Å². The quantitative estimate of drug-likeness (QED) is 0.843. The fourth-order valence-corrected chi connectivity index (χ4v) is 2.91. The van der Waals surface area contributed by atoms with Crippen molar-refractivity contribution in [1.82, 2.24) is 4.90 Å². The van der Waals surface area contributed by atoms with Gasteiger partial charge in [0.1, 0.15) is 5.82 Å². The molecule has 0 saturated carbocycles. The largest absolute Gasteiger partial charge is 0.330 e. The summed E-state index contributed by atoms with van der Waals surface area (Å²) in [6.07, 6.45) is 5.02. The molecule has 6 heteroatoms. The number of halogens is 2. The van der Waals surface area contributed by atoms with E-state index in [0.29, 0.717) is 24.7 Å². The smallest absolute Gasteiger partial charge is 0.225 e. The molecule has 22 heavy (non-hydrogen) atoms. The zero-order valence-electron chi connectivity index (χ0n) is 12.8. The Kier molecular flexibility index (Phi) is 8.38. The van der Waals surface area contributed by atoms with E-state index in [2.05, 4.69) is 10.2 Å². The average Bonchev–Trinajstić information content (AvgIpc) is 2.47. The first kappa shape index (κ1) is 18.9. The fraction of sp³-hybridized carbons (Fsp3) is 0.562. The van der Waals surface area contributed by atoms with E-state index in [-0.39, 0.29) is 24.1 Å². The van der Waals surface area contributed by atoms with Crippen LogP contribution >= 0.6 is 12.4 Å². The normalized spacial score (nSPS) is 18.5. The minimum Gasteiger partial charge on any atom is -0.330 e. The van der Waals surface area contributed by atoms with E-state index in [4.69, 9.17) is 5.73 Å². The van der Waals surface area contributed by atoms with Crippen LogP contribution in [-0.4, -0.2) is 36.5 Å². The van der Waals surface area contributed by atoms with Crippen LogP contribution in [0.2, 0.25) is 0 Å². The van der Waals surface area contributed by atoms with Gasteiger partial charge in [-0.05, 0) is 50.6 Å². The molecule has 1 aliphatic rings. The van der Waals surface area contributed by atoms with Crippen LogP contribution in [0.25, 0.3) is 0 Å². The highest BCUT2D eigenvalue weighted by molar-refractivity contribution is 5.90. The molecule has 1 atom stereocenters. The first-order chi connectivity index (χ1) is 10.2. The van der Waals surface area contributed by atoms with E-state index in [1.54, 1.807) is 12.1 Å². The van der Waals surface area contributed by atoms with Crippen molar-refractivity contribution in [3.63, 3.8) is 0 Å². The van der Waals surface area contributed by atoms with Gasteiger partial charge in [-0.2, -0.15) is 0 Å². The number of benzene rings is 1. The number of hydrogen-bond donors (Lipinski definition) is 2. The van der Waals surface area contributed by atoms with E-state index in [1.165, 1.54) is 31.4 Å². The zero-order valence-corrected chi connectivity index (χ0v) is 13.6. The summed E-state index contributed by atoms with van der Waals surface area (Å²) in [7, 11) is 0. The van der Waals surface area contributed by atoms with Crippen molar-refractivity contribution in [2.45, 2.75) is 38.1 Å². The summed E-state index contributed by atoms with van der Waals surface area (Å²) >= 11 is 0. The molecule has 1 saturated heterocycles. The lowest BCUT2D eigenvalue weighted by Gasteiger charge is -2.35. The van der Waals surface area contributed by atoms with Crippen LogP contribution in [0.5, 0.6) is 0 Å². The molecule has 4 nitrogen and oxygen atoms in total. The Labute approximate surface area is 137 Å². The maximum absolute atomic E-state index is 13.1. The Hall–Kier alpha value is -1.17. The lowest BCUT2D eigenvalue weighted by atomic mass is 9.99. The van der Waals surface area contributed by atoms with Crippen molar-refractivity contribution in [2.75, 3.05) is 25.0 Å². The highest BCUT2D eigenvalue weighted by Gasteiger charge is 2.21. The van der Waals surface area contributed by atoms with Crippen LogP contribution in [0.3, 0.4) is 0 Å². The second kappa shape index (κ2) is 9.77. The number of nitrogens with one attached hydrogen (secondary N) is 1. The maximum Gasteiger partial charge on any atom is 0.225 e. The molecule has 0 aromatic heterocycles. The molecule has 124 valence electrons. The summed E-state index contributed by atoms with van der Waals surface area (Å²) in [6.45, 7) is 2.47.